The van der Waals surface area contributed by atoms with Gasteiger partial charge in [-0.3, -0.25) is 9.97 Å². The van der Waals surface area contributed by atoms with E-state index in [-0.39, 0.29) is 0 Å². The van der Waals surface area contributed by atoms with Crippen molar-refractivity contribution in [3.8, 4) is 17.0 Å². The molecule has 0 aromatic carbocycles. The first-order chi connectivity index (χ1) is 12.3. The summed E-state index contributed by atoms with van der Waals surface area (Å²) in [6.45, 7) is 1.03. The number of aromatic nitrogens is 4. The Balaban J connectivity index is 1.85. The lowest BCUT2D eigenvalue weighted by Gasteiger charge is -2.08. The Morgan fingerprint density at radius 1 is 1.16 bits per heavy atom. The van der Waals surface area contributed by atoms with Crippen molar-refractivity contribution in [1.29, 1.82) is 0 Å². The van der Waals surface area contributed by atoms with E-state index in [4.69, 9.17) is 9.47 Å². The third kappa shape index (κ3) is 3.05. The predicted octanol–water partition coefficient (Wildman–Crippen LogP) is 3.80. The number of hydrogen-bond donors (Lipinski definition) is 1. The number of nitrogens with zero attached hydrogens (tertiary/aromatic N) is 3. The average Bonchev–Trinajstić information content (AvgIpc) is 3.03. The molecule has 6 nitrogen and oxygen atoms in total. The van der Waals surface area contributed by atoms with Gasteiger partial charge in [0.15, 0.2) is 5.75 Å². The Morgan fingerprint density at radius 2 is 2.08 bits per heavy atom. The molecular weight excluding hydrogens is 431 g/mol. The van der Waals surface area contributed by atoms with E-state index >= 15 is 0 Å². The highest BCUT2D eigenvalue weighted by molar-refractivity contribution is 14.1. The molecule has 0 saturated heterocycles. The van der Waals surface area contributed by atoms with Crippen molar-refractivity contribution in [2.24, 2.45) is 0 Å². The molecule has 4 aromatic rings. The largest absolute Gasteiger partial charge is 0.488 e. The molecule has 4 heterocycles. The minimum absolute atomic E-state index is 0.491. The van der Waals surface area contributed by atoms with Crippen LogP contribution in [0.5, 0.6) is 5.75 Å². The molecule has 0 spiro atoms. The van der Waals surface area contributed by atoms with Gasteiger partial charge in [0.2, 0.25) is 0 Å². The molecule has 0 unspecified atom stereocenters. The van der Waals surface area contributed by atoms with Crippen molar-refractivity contribution in [1.82, 2.24) is 19.9 Å². The van der Waals surface area contributed by atoms with Crippen LogP contribution in [0.1, 0.15) is 0 Å². The lowest BCUT2D eigenvalue weighted by Crippen LogP contribution is -2.05. The third-order valence-corrected chi connectivity index (χ3v) is 4.98. The van der Waals surface area contributed by atoms with Crippen molar-refractivity contribution in [3.63, 3.8) is 0 Å². The molecule has 0 fully saturated rings. The second-order valence-electron chi connectivity index (χ2n) is 5.48. The molecule has 0 bridgehead atoms. The van der Waals surface area contributed by atoms with Crippen molar-refractivity contribution in [3.05, 3.63) is 46.6 Å². The molecule has 0 saturated carbocycles. The summed E-state index contributed by atoms with van der Waals surface area (Å²) in [4.78, 5) is 16.5. The summed E-state index contributed by atoms with van der Waals surface area (Å²) in [5.41, 5.74) is 3.63. The zero-order chi connectivity index (χ0) is 17.2. The van der Waals surface area contributed by atoms with Crippen molar-refractivity contribution in [2.45, 2.75) is 0 Å². The third-order valence-electron chi connectivity index (χ3n) is 3.91. The molecule has 7 heteroatoms. The first kappa shape index (κ1) is 16.2. The van der Waals surface area contributed by atoms with Crippen LogP contribution in [0.25, 0.3) is 33.2 Å². The van der Waals surface area contributed by atoms with E-state index in [1.165, 1.54) is 0 Å². The van der Waals surface area contributed by atoms with Gasteiger partial charge in [0.1, 0.15) is 12.3 Å². The van der Waals surface area contributed by atoms with Crippen LogP contribution in [-0.4, -0.2) is 40.3 Å². The van der Waals surface area contributed by atoms with Crippen LogP contribution in [0.15, 0.2) is 43.0 Å². The van der Waals surface area contributed by atoms with Gasteiger partial charge >= 0.3 is 0 Å². The Hall–Kier alpha value is -2.26. The molecule has 0 amide bonds. The van der Waals surface area contributed by atoms with Gasteiger partial charge in [0.05, 0.1) is 33.8 Å². The maximum absolute atomic E-state index is 5.78. The smallest absolute Gasteiger partial charge is 0.151 e. The zero-order valence-electron chi connectivity index (χ0n) is 13.5. The topological polar surface area (TPSA) is 72.9 Å². The highest BCUT2D eigenvalue weighted by atomic mass is 127. The van der Waals surface area contributed by atoms with Crippen LogP contribution < -0.4 is 4.74 Å². The number of nitrogens with one attached hydrogen (secondary N) is 1. The summed E-state index contributed by atoms with van der Waals surface area (Å²) in [5, 5.41) is 2.11. The summed E-state index contributed by atoms with van der Waals surface area (Å²) in [6.07, 6.45) is 7.14. The van der Waals surface area contributed by atoms with Gasteiger partial charge in [-0.05, 0) is 40.8 Å². The van der Waals surface area contributed by atoms with Crippen LogP contribution in [0.3, 0.4) is 0 Å². The van der Waals surface area contributed by atoms with E-state index in [0.29, 0.717) is 13.2 Å². The number of pyridine rings is 3. The van der Waals surface area contributed by atoms with Gasteiger partial charge in [-0.25, -0.2) is 4.98 Å². The van der Waals surface area contributed by atoms with Gasteiger partial charge < -0.3 is 14.5 Å². The minimum atomic E-state index is 0.491. The first-order valence-corrected chi connectivity index (χ1v) is 8.84. The molecule has 1 N–H and O–H groups in total. The maximum Gasteiger partial charge on any atom is 0.151 e. The Labute approximate surface area is 157 Å². The summed E-state index contributed by atoms with van der Waals surface area (Å²) in [5.74, 6) is 0.755. The Kier molecular flexibility index (Phi) is 4.50. The van der Waals surface area contributed by atoms with Gasteiger partial charge in [0, 0.05) is 35.8 Å². The molecule has 0 radical (unpaired) electrons. The van der Waals surface area contributed by atoms with Gasteiger partial charge in [-0.15, -0.1) is 0 Å². The fourth-order valence-electron chi connectivity index (χ4n) is 2.71. The predicted molar refractivity (Wildman–Crippen MR) is 105 cm³/mol. The Bertz CT molecular complexity index is 1030. The summed E-state index contributed by atoms with van der Waals surface area (Å²) < 4.78 is 11.8. The minimum Gasteiger partial charge on any atom is -0.488 e. The molecule has 0 aliphatic carbocycles. The number of aromatic amines is 1. The van der Waals surface area contributed by atoms with E-state index in [0.717, 1.165) is 42.5 Å². The Morgan fingerprint density at radius 3 is 2.88 bits per heavy atom. The maximum atomic E-state index is 5.78. The van der Waals surface area contributed by atoms with Crippen LogP contribution >= 0.6 is 22.6 Å². The van der Waals surface area contributed by atoms with E-state index in [2.05, 4.69) is 48.6 Å². The molecular formula is C18H15IN4O2. The fraction of sp³-hybridized carbons (Fsp3) is 0.167. The van der Waals surface area contributed by atoms with Crippen molar-refractivity contribution >= 4 is 44.5 Å². The number of H-pyrrole nitrogens is 1. The quantitative estimate of drug-likeness (QED) is 0.373. The highest BCUT2D eigenvalue weighted by Gasteiger charge is 2.14. The van der Waals surface area contributed by atoms with E-state index in [1.54, 1.807) is 19.5 Å². The number of hydrogen-bond acceptors (Lipinski definition) is 5. The molecule has 0 atom stereocenters. The molecule has 25 heavy (non-hydrogen) atoms. The number of fused-ring (bicyclic) bond motifs is 3. The number of rotatable bonds is 5. The van der Waals surface area contributed by atoms with Crippen LogP contribution in [0.2, 0.25) is 0 Å². The van der Waals surface area contributed by atoms with Crippen molar-refractivity contribution in [2.75, 3.05) is 20.3 Å². The van der Waals surface area contributed by atoms with Crippen LogP contribution in [0, 0.1) is 3.57 Å². The summed E-state index contributed by atoms with van der Waals surface area (Å²) >= 11 is 2.30. The molecule has 126 valence electrons. The lowest BCUT2D eigenvalue weighted by molar-refractivity contribution is 0.146. The average molecular weight is 446 g/mol. The number of ether oxygens (including phenoxy) is 2. The second-order valence-corrected chi connectivity index (χ2v) is 6.56. The molecule has 4 rings (SSSR count). The number of halogens is 1. The van der Waals surface area contributed by atoms with Crippen molar-refractivity contribution < 1.29 is 9.47 Å². The van der Waals surface area contributed by atoms with E-state index in [1.807, 2.05) is 24.5 Å². The summed E-state index contributed by atoms with van der Waals surface area (Å²) in [7, 11) is 1.66. The van der Waals surface area contributed by atoms with Crippen LogP contribution in [0.4, 0.5) is 0 Å². The molecule has 0 aliphatic rings. The van der Waals surface area contributed by atoms with Crippen LogP contribution in [-0.2, 0) is 4.74 Å². The fourth-order valence-corrected chi connectivity index (χ4v) is 3.55. The zero-order valence-corrected chi connectivity index (χ0v) is 15.6. The standard InChI is InChI=1S/C18H15IN4O2/c1-24-5-6-25-15-10-22-18-16(17(15)19)12-7-13(21-9-14(12)23-18)11-3-2-4-20-8-11/h2-4,7-10H,5-6H2,1H3,(H,22,23). The monoisotopic (exact) mass is 446 g/mol. The second kappa shape index (κ2) is 6.93. The summed E-state index contributed by atoms with van der Waals surface area (Å²) in [6, 6.07) is 5.97. The normalized spacial score (nSPS) is 11.3. The van der Waals surface area contributed by atoms with Gasteiger partial charge in [0.25, 0.3) is 0 Å². The van der Waals surface area contributed by atoms with Gasteiger partial charge in [-0.1, -0.05) is 0 Å². The SMILES string of the molecule is COCCOc1cnc2[nH]c3cnc(-c4cccnc4)cc3c2c1I. The van der Waals surface area contributed by atoms with Gasteiger partial charge in [-0.2, -0.15) is 0 Å². The number of methoxy groups -OCH3 is 1. The molecule has 4 aromatic heterocycles. The lowest BCUT2D eigenvalue weighted by atomic mass is 10.1. The highest BCUT2D eigenvalue weighted by Crippen LogP contribution is 2.34. The van der Waals surface area contributed by atoms with E-state index < -0.39 is 0 Å². The van der Waals surface area contributed by atoms with E-state index in [9.17, 15) is 0 Å². The molecule has 0 aliphatic heterocycles. The first-order valence-electron chi connectivity index (χ1n) is 7.76.